The van der Waals surface area contributed by atoms with Crippen molar-refractivity contribution in [2.45, 2.75) is 31.8 Å². The lowest BCUT2D eigenvalue weighted by molar-refractivity contribution is -0.129. The van der Waals surface area contributed by atoms with Crippen molar-refractivity contribution in [1.82, 2.24) is 20.2 Å². The van der Waals surface area contributed by atoms with E-state index in [2.05, 4.69) is 26.2 Å². The number of hydrogen-bond acceptors (Lipinski definition) is 5. The Balaban J connectivity index is 1.53. The fourth-order valence-corrected chi connectivity index (χ4v) is 5.33. The van der Waals surface area contributed by atoms with Crippen LogP contribution in [0, 0.1) is 12.7 Å². The number of aliphatic hydroxyl groups excluding tert-OH is 1. The monoisotopic (exact) mass is 606 g/mol. The second kappa shape index (κ2) is 11.6. The Morgan fingerprint density at radius 3 is 2.50 bits per heavy atom. The molecule has 5 rings (SSSR count). The predicted molar refractivity (Wildman–Crippen MR) is 151 cm³/mol. The number of amides is 3. The number of urea groups is 1. The number of aromatic nitrogens is 2. The van der Waals surface area contributed by atoms with E-state index in [4.69, 9.17) is 14.8 Å². The maximum Gasteiger partial charge on any atom is 0.325 e. The van der Waals surface area contributed by atoms with Gasteiger partial charge in [0, 0.05) is 21.6 Å². The zero-order chi connectivity index (χ0) is 28.4. The van der Waals surface area contributed by atoms with Crippen LogP contribution in [0.5, 0.6) is 5.75 Å². The number of carbonyl (C=O) groups excluding carboxylic acids is 2. The number of ether oxygens (including phenoxy) is 1. The summed E-state index contributed by atoms with van der Waals surface area (Å²) in [5, 5.41) is 11.8. The molecule has 0 radical (unpaired) electrons. The van der Waals surface area contributed by atoms with E-state index >= 15 is 0 Å². The molecule has 1 fully saturated rings. The lowest BCUT2D eigenvalue weighted by Gasteiger charge is -2.29. The van der Waals surface area contributed by atoms with Crippen LogP contribution in [0.4, 0.5) is 9.18 Å². The average molecular weight is 607 g/mol. The summed E-state index contributed by atoms with van der Waals surface area (Å²) in [6, 6.07) is 18.9. The first kappa shape index (κ1) is 27.5. The highest BCUT2D eigenvalue weighted by atomic mass is 79.9. The minimum atomic E-state index is -0.899. The fraction of sp³-hybridized carbons (Fsp3) is 0.233. The first-order valence-electron chi connectivity index (χ1n) is 12.8. The third-order valence-corrected chi connectivity index (χ3v) is 7.48. The summed E-state index contributed by atoms with van der Waals surface area (Å²) in [6.07, 6.45) is 0. The number of nitrogens with one attached hydrogen (secondary N) is 2. The molecule has 0 unspecified atom stereocenters. The van der Waals surface area contributed by atoms with Gasteiger partial charge in [0.1, 0.15) is 36.1 Å². The van der Waals surface area contributed by atoms with Crippen LogP contribution in [-0.4, -0.2) is 45.1 Å². The van der Waals surface area contributed by atoms with Gasteiger partial charge in [0.05, 0.1) is 12.3 Å². The molecule has 206 valence electrons. The maximum atomic E-state index is 14.9. The number of H-pyrrole nitrogens is 1. The van der Waals surface area contributed by atoms with Crippen molar-refractivity contribution in [3.8, 4) is 17.0 Å². The van der Waals surface area contributed by atoms with E-state index in [1.54, 1.807) is 43.3 Å². The van der Waals surface area contributed by atoms with Gasteiger partial charge in [-0.15, -0.1) is 0 Å². The Morgan fingerprint density at radius 1 is 1.10 bits per heavy atom. The summed E-state index contributed by atoms with van der Waals surface area (Å²) < 4.78 is 20.9. The first-order chi connectivity index (χ1) is 19.3. The number of aryl methyl sites for hydroxylation is 1. The Labute approximate surface area is 239 Å². The van der Waals surface area contributed by atoms with Gasteiger partial charge in [0.25, 0.3) is 5.91 Å². The van der Waals surface area contributed by atoms with E-state index in [-0.39, 0.29) is 19.1 Å². The van der Waals surface area contributed by atoms with Gasteiger partial charge in [-0.3, -0.25) is 9.69 Å². The third kappa shape index (κ3) is 5.37. The molecule has 1 aliphatic heterocycles. The number of aliphatic hydroxyl groups is 1. The number of carbonyl (C=O) groups is 2. The van der Waals surface area contributed by atoms with Gasteiger partial charge in [0.15, 0.2) is 0 Å². The second-order valence-corrected chi connectivity index (χ2v) is 10.5. The molecule has 0 saturated carbocycles. The van der Waals surface area contributed by atoms with E-state index in [0.29, 0.717) is 38.6 Å². The summed E-state index contributed by atoms with van der Waals surface area (Å²) in [5.41, 5.74) is 2.84. The molecule has 3 amide bonds. The number of halogens is 2. The summed E-state index contributed by atoms with van der Waals surface area (Å²) in [7, 11) is 0. The van der Waals surface area contributed by atoms with E-state index in [9.17, 15) is 14.0 Å². The van der Waals surface area contributed by atoms with Crippen LogP contribution in [0.1, 0.15) is 47.6 Å². The van der Waals surface area contributed by atoms with E-state index in [0.717, 1.165) is 5.56 Å². The van der Waals surface area contributed by atoms with Crippen LogP contribution in [0.2, 0.25) is 0 Å². The molecule has 0 spiro atoms. The van der Waals surface area contributed by atoms with Gasteiger partial charge < -0.3 is 20.1 Å². The molecule has 1 saturated heterocycles. The highest BCUT2D eigenvalue weighted by Crippen LogP contribution is 2.40. The molecule has 0 aliphatic carbocycles. The average Bonchev–Trinajstić information content (AvgIpc) is 3.47. The van der Waals surface area contributed by atoms with Gasteiger partial charge in [-0.25, -0.2) is 14.2 Å². The number of hydrogen-bond donors (Lipinski definition) is 3. The molecule has 3 N–H and O–H groups in total. The lowest BCUT2D eigenvalue weighted by Crippen LogP contribution is -2.38. The number of imide groups is 1. The zero-order valence-electron chi connectivity index (χ0n) is 21.9. The van der Waals surface area contributed by atoms with Crippen LogP contribution in [-0.2, 0) is 4.79 Å². The van der Waals surface area contributed by atoms with Crippen molar-refractivity contribution in [3.63, 3.8) is 0 Å². The molecular formula is C30H28BrFN4O4. The largest absolute Gasteiger partial charge is 0.491 e. The minimum Gasteiger partial charge on any atom is -0.491 e. The van der Waals surface area contributed by atoms with Crippen LogP contribution in [0.25, 0.3) is 11.3 Å². The molecule has 8 nitrogen and oxygen atoms in total. The summed E-state index contributed by atoms with van der Waals surface area (Å²) in [6.45, 7) is 3.75. The van der Waals surface area contributed by atoms with Crippen molar-refractivity contribution in [1.29, 1.82) is 0 Å². The van der Waals surface area contributed by atoms with E-state index in [1.807, 2.05) is 37.3 Å². The molecule has 3 aromatic carbocycles. The molecule has 40 heavy (non-hydrogen) atoms. The highest BCUT2D eigenvalue weighted by Gasteiger charge is 2.46. The quantitative estimate of drug-likeness (QED) is 0.209. The van der Waals surface area contributed by atoms with Gasteiger partial charge >= 0.3 is 6.03 Å². The molecule has 10 heteroatoms. The van der Waals surface area contributed by atoms with Crippen LogP contribution in [0.15, 0.2) is 77.3 Å². The molecule has 4 aromatic rings. The maximum absolute atomic E-state index is 14.9. The fourth-order valence-electron chi connectivity index (χ4n) is 4.99. The summed E-state index contributed by atoms with van der Waals surface area (Å²) in [4.78, 5) is 36.5. The van der Waals surface area contributed by atoms with Crippen LogP contribution < -0.4 is 10.1 Å². The number of aromatic amines is 1. The molecule has 1 aromatic heterocycles. The lowest BCUT2D eigenvalue weighted by atomic mass is 9.91. The summed E-state index contributed by atoms with van der Waals surface area (Å²) in [5.74, 6) is -0.280. The van der Waals surface area contributed by atoms with Crippen molar-refractivity contribution >= 4 is 27.9 Å². The normalized spacial score (nSPS) is 16.6. The number of benzene rings is 3. The third-order valence-electron chi connectivity index (χ3n) is 6.99. The molecule has 1 aliphatic rings. The number of imidazole rings is 1. The molecule has 0 bridgehead atoms. The van der Waals surface area contributed by atoms with Crippen LogP contribution >= 0.6 is 15.9 Å². The summed E-state index contributed by atoms with van der Waals surface area (Å²) >= 11 is 3.28. The predicted octanol–water partition coefficient (Wildman–Crippen LogP) is 5.80. The number of rotatable bonds is 9. The Bertz CT molecular complexity index is 1530. The van der Waals surface area contributed by atoms with Crippen molar-refractivity contribution in [3.05, 3.63) is 106 Å². The van der Waals surface area contributed by atoms with Gasteiger partial charge in [0.2, 0.25) is 0 Å². The molecular weight excluding hydrogens is 579 g/mol. The number of nitrogens with zero attached hydrogens (tertiary/aromatic N) is 2. The van der Waals surface area contributed by atoms with Crippen LogP contribution in [0.3, 0.4) is 0 Å². The SMILES string of the molecule is Cc1[nH]c([C@H]([C@@H](C)c2ccccc2)N2C(=O)N[C@H](c3ccc(OCCO)cc3)C2=O)nc1-c1ccc(Br)cc1F. The van der Waals surface area contributed by atoms with Gasteiger partial charge in [-0.2, -0.15) is 0 Å². The standard InChI is InChI=1S/C30H28BrFN4O4/c1-17(19-6-4-3-5-7-19)27(28-33-18(2)25(34-28)23-13-10-21(31)16-24(23)32)36-29(38)26(35-30(36)39)20-8-11-22(12-9-20)40-15-14-37/h3-13,16-17,26-27,37H,14-15H2,1-2H3,(H,33,34)(H,35,39)/t17-,26+,27-/m0/s1. The van der Waals surface area contributed by atoms with Crippen molar-refractivity contribution in [2.24, 2.45) is 0 Å². The van der Waals surface area contributed by atoms with Crippen molar-refractivity contribution < 1.29 is 23.8 Å². The molecule has 2 heterocycles. The Kier molecular flexibility index (Phi) is 7.99. The topological polar surface area (TPSA) is 108 Å². The molecule has 3 atom stereocenters. The van der Waals surface area contributed by atoms with Crippen molar-refractivity contribution in [2.75, 3.05) is 13.2 Å². The Hall–Kier alpha value is -4.02. The second-order valence-electron chi connectivity index (χ2n) is 9.60. The minimum absolute atomic E-state index is 0.114. The highest BCUT2D eigenvalue weighted by molar-refractivity contribution is 9.10. The zero-order valence-corrected chi connectivity index (χ0v) is 23.5. The van der Waals surface area contributed by atoms with Gasteiger partial charge in [-0.05, 0) is 48.4 Å². The van der Waals surface area contributed by atoms with E-state index < -0.39 is 29.8 Å². The first-order valence-corrected chi connectivity index (χ1v) is 13.6. The van der Waals surface area contributed by atoms with Gasteiger partial charge in [-0.1, -0.05) is 65.3 Å². The smallest absolute Gasteiger partial charge is 0.325 e. The Morgan fingerprint density at radius 2 is 1.82 bits per heavy atom. The van der Waals surface area contributed by atoms with E-state index in [1.165, 1.54) is 11.0 Å².